The first-order chi connectivity index (χ1) is 7.70. The van der Waals surface area contributed by atoms with E-state index in [0.29, 0.717) is 6.61 Å². The highest BCUT2D eigenvalue weighted by atomic mass is 16.5. The third-order valence-electron chi connectivity index (χ3n) is 2.56. The summed E-state index contributed by atoms with van der Waals surface area (Å²) in [5.74, 6) is 0. The van der Waals surface area contributed by atoms with Crippen molar-refractivity contribution >= 4 is 12.6 Å². The van der Waals surface area contributed by atoms with Crippen molar-refractivity contribution in [1.29, 1.82) is 0 Å². The van der Waals surface area contributed by atoms with Crippen molar-refractivity contribution in [3.8, 4) is 0 Å². The number of aliphatic hydroxyl groups excluding tert-OH is 1. The second kappa shape index (κ2) is 7.44. The second-order valence-electron chi connectivity index (χ2n) is 3.24. The molecule has 0 unspecified atom stereocenters. The molecule has 1 aliphatic rings. The molecule has 0 fully saturated rings. The van der Waals surface area contributed by atoms with Gasteiger partial charge in [-0.3, -0.25) is 0 Å². The molecule has 2 rings (SSSR count). The van der Waals surface area contributed by atoms with E-state index in [0.717, 1.165) is 18.1 Å². The summed E-state index contributed by atoms with van der Waals surface area (Å²) in [6.45, 7) is 8.68. The van der Waals surface area contributed by atoms with Crippen molar-refractivity contribution in [2.75, 3.05) is 7.11 Å². The minimum atomic E-state index is -0.709. The van der Waals surface area contributed by atoms with E-state index >= 15 is 0 Å². The van der Waals surface area contributed by atoms with Crippen LogP contribution in [0.25, 0.3) is 0 Å². The van der Waals surface area contributed by atoms with Crippen LogP contribution in [0.1, 0.15) is 30.5 Å². The highest BCUT2D eigenvalue weighted by molar-refractivity contribution is 6.61. The van der Waals surface area contributed by atoms with E-state index in [-0.39, 0.29) is 0 Å². The summed E-state index contributed by atoms with van der Waals surface area (Å²) >= 11 is 0. The first kappa shape index (κ1) is 15.2. The van der Waals surface area contributed by atoms with Crippen LogP contribution in [0.4, 0.5) is 0 Å². The van der Waals surface area contributed by atoms with Crippen LogP contribution < -0.4 is 5.46 Å². The Hall–Kier alpha value is -0.835. The van der Waals surface area contributed by atoms with Gasteiger partial charge in [-0.15, -0.1) is 0 Å². The number of hydrogen-bond acceptors (Lipinski definition) is 3. The molecule has 0 bridgehead atoms. The predicted molar refractivity (Wildman–Crippen MR) is 67.8 cm³/mol. The van der Waals surface area contributed by atoms with E-state index < -0.39 is 7.12 Å². The van der Waals surface area contributed by atoms with Crippen molar-refractivity contribution < 1.29 is 14.8 Å². The molecule has 1 heterocycles. The topological polar surface area (TPSA) is 49.7 Å². The summed E-state index contributed by atoms with van der Waals surface area (Å²) in [6.07, 6.45) is 0. The van der Waals surface area contributed by atoms with Gasteiger partial charge in [0.1, 0.15) is 0 Å². The maximum absolute atomic E-state index is 9.37. The van der Waals surface area contributed by atoms with E-state index in [4.69, 9.17) is 9.76 Å². The average molecular weight is 224 g/mol. The number of aliphatic hydroxyl groups is 1. The van der Waals surface area contributed by atoms with Gasteiger partial charge in [0, 0.05) is 7.11 Å². The van der Waals surface area contributed by atoms with Crippen molar-refractivity contribution in [1.82, 2.24) is 0 Å². The lowest BCUT2D eigenvalue weighted by atomic mass is 9.78. The van der Waals surface area contributed by atoms with Gasteiger partial charge in [0.05, 0.1) is 6.61 Å². The van der Waals surface area contributed by atoms with Gasteiger partial charge in [0.2, 0.25) is 0 Å². The number of rotatable bonds is 0. The predicted octanol–water partition coefficient (Wildman–Crippen LogP) is 1.16. The van der Waals surface area contributed by atoms with Gasteiger partial charge in [-0.05, 0) is 36.0 Å². The number of fused-ring (bicyclic) bond motifs is 1. The molecule has 1 aromatic carbocycles. The number of benzene rings is 1. The summed E-state index contributed by atoms with van der Waals surface area (Å²) in [7, 11) is 0.291. The summed E-state index contributed by atoms with van der Waals surface area (Å²) < 4.78 is 5.11. The van der Waals surface area contributed by atoms with Gasteiger partial charge in [0.25, 0.3) is 0 Å². The highest BCUT2D eigenvalue weighted by Gasteiger charge is 2.28. The first-order valence-electron chi connectivity index (χ1n) is 5.53. The zero-order valence-electron chi connectivity index (χ0n) is 10.7. The molecular formula is C12H21BO3. The minimum absolute atomic E-state index is 0.546. The zero-order valence-corrected chi connectivity index (χ0v) is 10.7. The second-order valence-corrected chi connectivity index (χ2v) is 3.24. The Morgan fingerprint density at radius 1 is 1.19 bits per heavy atom. The van der Waals surface area contributed by atoms with Crippen LogP contribution in [-0.4, -0.2) is 24.4 Å². The third-order valence-corrected chi connectivity index (χ3v) is 2.56. The Morgan fingerprint density at radius 3 is 2.31 bits per heavy atom. The summed E-state index contributed by atoms with van der Waals surface area (Å²) in [4.78, 5) is 0. The molecule has 4 heteroatoms. The average Bonchev–Trinajstić information content (AvgIpc) is 2.72. The lowest BCUT2D eigenvalue weighted by Crippen LogP contribution is -2.28. The maximum atomic E-state index is 9.37. The molecule has 0 radical (unpaired) electrons. The van der Waals surface area contributed by atoms with Gasteiger partial charge < -0.3 is 14.8 Å². The molecule has 1 aliphatic heterocycles. The number of aryl methyl sites for hydroxylation is 1. The Bertz CT molecular complexity index is 326. The van der Waals surface area contributed by atoms with Crippen molar-refractivity contribution in [2.24, 2.45) is 0 Å². The zero-order chi connectivity index (χ0) is 12.7. The largest absolute Gasteiger partial charge is 0.491 e. The van der Waals surface area contributed by atoms with Crippen molar-refractivity contribution in [3.05, 3.63) is 28.8 Å². The van der Waals surface area contributed by atoms with Gasteiger partial charge >= 0.3 is 7.12 Å². The van der Waals surface area contributed by atoms with Crippen LogP contribution in [0.2, 0.25) is 0 Å². The molecule has 0 saturated carbocycles. The van der Waals surface area contributed by atoms with E-state index in [1.54, 1.807) is 0 Å². The normalized spacial score (nSPS) is 12.1. The molecule has 0 saturated heterocycles. The van der Waals surface area contributed by atoms with Crippen molar-refractivity contribution in [3.63, 3.8) is 0 Å². The molecular weight excluding hydrogens is 203 g/mol. The molecule has 0 aliphatic carbocycles. The van der Waals surface area contributed by atoms with Crippen LogP contribution >= 0.6 is 0 Å². The van der Waals surface area contributed by atoms with E-state index in [1.807, 2.05) is 26.0 Å². The van der Waals surface area contributed by atoms with Gasteiger partial charge in [-0.25, -0.2) is 0 Å². The monoisotopic (exact) mass is 224 g/mol. The van der Waals surface area contributed by atoms with Crippen molar-refractivity contribution in [2.45, 2.75) is 34.3 Å². The molecule has 90 valence electrons. The van der Waals surface area contributed by atoms with E-state index in [1.165, 1.54) is 11.1 Å². The Kier molecular flexibility index (Phi) is 7.05. The fourth-order valence-electron chi connectivity index (χ4n) is 1.57. The standard InChI is InChI=1S/C9H11BO2.C2H6.CH4O/c1-6-3-4-9-8(7(6)2)5-12-10(9)11;2*1-2/h3-4,11H,5H2,1-2H3;1-2H3;2H,1H3. The van der Waals surface area contributed by atoms with Gasteiger partial charge in [-0.1, -0.05) is 26.0 Å². The van der Waals surface area contributed by atoms with Gasteiger partial charge in [0.15, 0.2) is 0 Å². The summed E-state index contributed by atoms with van der Waals surface area (Å²) in [5, 5.41) is 16.4. The fraction of sp³-hybridized carbons (Fsp3) is 0.500. The van der Waals surface area contributed by atoms with Crippen LogP contribution in [0.5, 0.6) is 0 Å². The lowest BCUT2D eigenvalue weighted by Gasteiger charge is -2.05. The maximum Gasteiger partial charge on any atom is 0.491 e. The molecule has 2 N–H and O–H groups in total. The van der Waals surface area contributed by atoms with Crippen LogP contribution in [0.3, 0.4) is 0 Å². The van der Waals surface area contributed by atoms with Crippen LogP contribution in [0, 0.1) is 13.8 Å². The third kappa shape index (κ3) is 3.08. The summed E-state index contributed by atoms with van der Waals surface area (Å²) in [6, 6.07) is 3.96. The minimum Gasteiger partial charge on any atom is -0.423 e. The molecule has 0 aromatic heterocycles. The highest BCUT2D eigenvalue weighted by Crippen LogP contribution is 2.17. The molecule has 1 aromatic rings. The molecule has 0 spiro atoms. The smallest absolute Gasteiger partial charge is 0.423 e. The molecule has 16 heavy (non-hydrogen) atoms. The van der Waals surface area contributed by atoms with Gasteiger partial charge in [-0.2, -0.15) is 0 Å². The molecule has 0 amide bonds. The first-order valence-corrected chi connectivity index (χ1v) is 5.53. The summed E-state index contributed by atoms with van der Waals surface area (Å²) in [5.41, 5.74) is 4.58. The quantitative estimate of drug-likeness (QED) is 0.650. The molecule has 3 nitrogen and oxygen atoms in total. The van der Waals surface area contributed by atoms with E-state index in [9.17, 15) is 5.02 Å². The Balaban J connectivity index is 0.000000509. The van der Waals surface area contributed by atoms with Crippen LogP contribution in [-0.2, 0) is 11.3 Å². The fourth-order valence-corrected chi connectivity index (χ4v) is 1.57. The Morgan fingerprint density at radius 2 is 1.75 bits per heavy atom. The molecule has 0 atom stereocenters. The Labute approximate surface area is 98.2 Å². The lowest BCUT2D eigenvalue weighted by molar-refractivity contribution is 0.275. The SMILES string of the molecule is CC.CO.Cc1ccc2c(c1C)COB2O. The van der Waals surface area contributed by atoms with Crippen LogP contribution in [0.15, 0.2) is 12.1 Å². The number of hydrogen-bond donors (Lipinski definition) is 2. The van der Waals surface area contributed by atoms with E-state index in [2.05, 4.69) is 13.8 Å².